The maximum Gasteiger partial charge on any atom is 0.294 e. The highest BCUT2D eigenvalue weighted by molar-refractivity contribution is 7.85. The van der Waals surface area contributed by atoms with Crippen molar-refractivity contribution in [3.63, 3.8) is 0 Å². The first-order chi connectivity index (χ1) is 17.2. The Bertz CT molecular complexity index is 1690. The van der Waals surface area contributed by atoms with Crippen LogP contribution in [0, 0.1) is 10.1 Å². The molecule has 10 heteroatoms. The van der Waals surface area contributed by atoms with Crippen molar-refractivity contribution in [3.8, 4) is 33.8 Å². The van der Waals surface area contributed by atoms with Crippen LogP contribution < -0.4 is 4.74 Å². The van der Waals surface area contributed by atoms with Gasteiger partial charge < -0.3 is 4.74 Å². The molecule has 0 aliphatic rings. The molecule has 36 heavy (non-hydrogen) atoms. The molecule has 0 fully saturated rings. The number of aromatic nitrogens is 2. The molecule has 0 unspecified atom stereocenters. The van der Waals surface area contributed by atoms with Crippen LogP contribution in [0.15, 0.2) is 95.9 Å². The van der Waals surface area contributed by atoms with Crippen LogP contribution in [0.1, 0.15) is 0 Å². The van der Waals surface area contributed by atoms with Crippen molar-refractivity contribution in [3.05, 3.63) is 101 Å². The molecule has 0 spiro atoms. The maximum absolute atomic E-state index is 11.4. The van der Waals surface area contributed by atoms with Crippen LogP contribution in [-0.2, 0) is 10.1 Å². The lowest BCUT2D eigenvalue weighted by Gasteiger charge is -2.06. The third kappa shape index (κ3) is 4.30. The monoisotopic (exact) mass is 501 g/mol. The van der Waals surface area contributed by atoms with Crippen molar-refractivity contribution in [1.82, 2.24) is 9.78 Å². The van der Waals surface area contributed by atoms with E-state index in [1.165, 1.54) is 24.3 Å². The first-order valence-corrected chi connectivity index (χ1v) is 12.2. The lowest BCUT2D eigenvalue weighted by Crippen LogP contribution is -1.97. The molecule has 5 aromatic rings. The largest absolute Gasteiger partial charge is 0.497 e. The van der Waals surface area contributed by atoms with E-state index in [1.54, 1.807) is 36.1 Å². The average molecular weight is 502 g/mol. The molecule has 0 amide bonds. The van der Waals surface area contributed by atoms with Gasteiger partial charge in [-0.3, -0.25) is 14.7 Å². The molecule has 1 aromatic heterocycles. The summed E-state index contributed by atoms with van der Waals surface area (Å²) in [6, 6.07) is 25.3. The van der Waals surface area contributed by atoms with Crippen LogP contribution in [0.2, 0.25) is 0 Å². The lowest BCUT2D eigenvalue weighted by molar-refractivity contribution is -0.384. The van der Waals surface area contributed by atoms with E-state index in [9.17, 15) is 23.1 Å². The number of nitro groups is 1. The van der Waals surface area contributed by atoms with E-state index in [4.69, 9.17) is 9.84 Å². The molecule has 9 nitrogen and oxygen atoms in total. The van der Waals surface area contributed by atoms with E-state index in [1.807, 2.05) is 42.5 Å². The Kier molecular flexibility index (Phi) is 5.75. The number of hydrogen-bond donors (Lipinski definition) is 1. The molecule has 0 radical (unpaired) electrons. The Morgan fingerprint density at radius 1 is 0.861 bits per heavy atom. The second-order valence-electron chi connectivity index (χ2n) is 7.99. The highest BCUT2D eigenvalue weighted by Gasteiger charge is 2.17. The molecule has 5 rings (SSSR count). The number of methoxy groups -OCH3 is 1. The summed E-state index contributed by atoms with van der Waals surface area (Å²) in [4.78, 5) is 10.5. The predicted octanol–water partition coefficient (Wildman–Crippen LogP) is 5.52. The number of ether oxygens (including phenoxy) is 1. The van der Waals surface area contributed by atoms with Gasteiger partial charge >= 0.3 is 0 Å². The summed E-state index contributed by atoms with van der Waals surface area (Å²) < 4.78 is 39.1. The normalized spacial score (nSPS) is 11.5. The van der Waals surface area contributed by atoms with Gasteiger partial charge in [-0.15, -0.1) is 0 Å². The van der Waals surface area contributed by atoms with E-state index in [-0.39, 0.29) is 10.6 Å². The summed E-state index contributed by atoms with van der Waals surface area (Å²) >= 11 is 0. The van der Waals surface area contributed by atoms with E-state index in [0.29, 0.717) is 17.0 Å². The molecule has 180 valence electrons. The summed E-state index contributed by atoms with van der Waals surface area (Å²) in [5.74, 6) is 0.710. The van der Waals surface area contributed by atoms with Crippen LogP contribution in [0.5, 0.6) is 5.75 Å². The van der Waals surface area contributed by atoms with Gasteiger partial charge in [-0.05, 0) is 71.8 Å². The number of nitrogens with zero attached hydrogens (tertiary/aromatic N) is 3. The fourth-order valence-electron chi connectivity index (χ4n) is 3.99. The summed E-state index contributed by atoms with van der Waals surface area (Å²) in [6.45, 7) is 0. The van der Waals surface area contributed by atoms with Crippen molar-refractivity contribution in [2.45, 2.75) is 4.90 Å². The topological polar surface area (TPSA) is 125 Å². The molecule has 0 atom stereocenters. The van der Waals surface area contributed by atoms with Gasteiger partial charge in [0.05, 0.1) is 28.1 Å². The minimum atomic E-state index is -4.29. The van der Waals surface area contributed by atoms with Crippen molar-refractivity contribution in [2.75, 3.05) is 7.11 Å². The average Bonchev–Trinajstić information content (AvgIpc) is 3.27. The van der Waals surface area contributed by atoms with Gasteiger partial charge in [0.25, 0.3) is 15.8 Å². The molecular formula is C26H19N3O6S. The molecule has 0 saturated heterocycles. The second-order valence-corrected chi connectivity index (χ2v) is 9.42. The van der Waals surface area contributed by atoms with Crippen molar-refractivity contribution < 1.29 is 22.6 Å². The number of non-ortho nitro benzene ring substituents is 1. The molecule has 0 bridgehead atoms. The van der Waals surface area contributed by atoms with Gasteiger partial charge in [0.1, 0.15) is 11.4 Å². The fraction of sp³-hybridized carbons (Fsp3) is 0.0385. The first-order valence-electron chi connectivity index (χ1n) is 10.7. The third-order valence-electron chi connectivity index (χ3n) is 5.83. The number of fused-ring (bicyclic) bond motifs is 1. The number of hydrogen-bond acceptors (Lipinski definition) is 6. The Morgan fingerprint density at radius 3 is 2.06 bits per heavy atom. The summed E-state index contributed by atoms with van der Waals surface area (Å²) in [5, 5.41) is 16.7. The Labute approximate surface area is 206 Å². The Balaban J connectivity index is 1.68. The van der Waals surface area contributed by atoms with E-state index in [2.05, 4.69) is 0 Å². The van der Waals surface area contributed by atoms with Crippen LogP contribution in [0.4, 0.5) is 5.69 Å². The van der Waals surface area contributed by atoms with Gasteiger partial charge in [-0.25, -0.2) is 4.68 Å². The second kappa shape index (κ2) is 8.91. The molecule has 0 saturated carbocycles. The van der Waals surface area contributed by atoms with Gasteiger partial charge in [0.15, 0.2) is 0 Å². The van der Waals surface area contributed by atoms with Gasteiger partial charge in [-0.2, -0.15) is 13.5 Å². The SMILES string of the molecule is COc1ccc(-n2nc(-c3ccc([N+](=O)[O-])cc3)c3cc(-c4ccc(S(=O)(=O)O)cc4)ccc32)cc1. The molecule has 4 aromatic carbocycles. The minimum absolute atomic E-state index is 0.0164. The predicted molar refractivity (Wildman–Crippen MR) is 135 cm³/mol. The number of benzene rings is 4. The highest BCUT2D eigenvalue weighted by Crippen LogP contribution is 2.34. The van der Waals surface area contributed by atoms with Gasteiger partial charge in [0.2, 0.25) is 0 Å². The zero-order chi connectivity index (χ0) is 25.4. The van der Waals surface area contributed by atoms with E-state index < -0.39 is 15.0 Å². The molecular weight excluding hydrogens is 482 g/mol. The van der Waals surface area contributed by atoms with Crippen molar-refractivity contribution >= 4 is 26.7 Å². The lowest BCUT2D eigenvalue weighted by atomic mass is 10.0. The summed E-state index contributed by atoms with van der Waals surface area (Å²) in [6.07, 6.45) is 0. The summed E-state index contributed by atoms with van der Waals surface area (Å²) in [7, 11) is -2.70. The summed E-state index contributed by atoms with van der Waals surface area (Å²) in [5.41, 5.74) is 4.49. The molecule has 1 N–H and O–H groups in total. The van der Waals surface area contributed by atoms with Crippen LogP contribution in [0.3, 0.4) is 0 Å². The van der Waals surface area contributed by atoms with Crippen LogP contribution >= 0.6 is 0 Å². The first kappa shape index (κ1) is 23.2. The van der Waals surface area contributed by atoms with E-state index in [0.717, 1.165) is 27.7 Å². The molecule has 1 heterocycles. The molecule has 0 aliphatic heterocycles. The fourth-order valence-corrected chi connectivity index (χ4v) is 4.47. The Morgan fingerprint density at radius 2 is 1.47 bits per heavy atom. The van der Waals surface area contributed by atoms with E-state index >= 15 is 0 Å². The maximum atomic E-state index is 11.4. The Hall–Kier alpha value is -4.54. The van der Waals surface area contributed by atoms with Gasteiger partial charge in [-0.1, -0.05) is 18.2 Å². The van der Waals surface area contributed by atoms with Crippen molar-refractivity contribution in [2.24, 2.45) is 0 Å². The van der Waals surface area contributed by atoms with Crippen LogP contribution in [-0.4, -0.2) is 34.8 Å². The smallest absolute Gasteiger partial charge is 0.294 e. The highest BCUT2D eigenvalue weighted by atomic mass is 32.2. The van der Waals surface area contributed by atoms with Crippen LogP contribution in [0.25, 0.3) is 39.0 Å². The molecule has 0 aliphatic carbocycles. The zero-order valence-electron chi connectivity index (χ0n) is 18.9. The number of nitro benzene ring substituents is 1. The number of rotatable bonds is 6. The third-order valence-corrected chi connectivity index (χ3v) is 6.70. The van der Waals surface area contributed by atoms with Gasteiger partial charge in [0, 0.05) is 23.1 Å². The minimum Gasteiger partial charge on any atom is -0.497 e. The van der Waals surface area contributed by atoms with Crippen molar-refractivity contribution in [1.29, 1.82) is 0 Å². The quantitative estimate of drug-likeness (QED) is 0.184. The zero-order valence-corrected chi connectivity index (χ0v) is 19.7. The standard InChI is InChI=1S/C26H19N3O6S/c1-35-22-11-9-20(10-12-22)28-25-15-6-19(17-4-13-23(14-5-17)36(32,33)34)16-24(25)26(27-28)18-2-7-21(8-3-18)29(30)31/h2-16H,1H3,(H,32,33,34).